The average Bonchev–Trinajstić information content (AvgIpc) is 2.64. The second-order valence-corrected chi connectivity index (χ2v) is 4.60. The van der Waals surface area contributed by atoms with Gasteiger partial charge in [0.1, 0.15) is 5.71 Å². The van der Waals surface area contributed by atoms with Crippen molar-refractivity contribution in [3.05, 3.63) is 12.4 Å². The van der Waals surface area contributed by atoms with Crippen molar-refractivity contribution >= 4 is 35.4 Å². The highest BCUT2D eigenvalue weighted by Gasteiger charge is 2.54. The largest absolute Gasteiger partial charge is 0.362 e. The third kappa shape index (κ3) is 1.72. The lowest BCUT2D eigenvalue weighted by Crippen LogP contribution is -2.65. The van der Waals surface area contributed by atoms with E-state index >= 15 is 0 Å². The molecule has 0 bridgehead atoms. The van der Waals surface area contributed by atoms with E-state index in [-0.39, 0.29) is 5.71 Å². The van der Waals surface area contributed by atoms with Crippen LogP contribution in [-0.4, -0.2) is 64.3 Å². The van der Waals surface area contributed by atoms with Gasteiger partial charge in [-0.3, -0.25) is 39.7 Å². The summed E-state index contributed by atoms with van der Waals surface area (Å²) in [7, 11) is 1.56. The molecule has 3 aliphatic rings. The van der Waals surface area contributed by atoms with Crippen molar-refractivity contribution in [2.24, 2.45) is 4.99 Å². The second-order valence-electron chi connectivity index (χ2n) is 4.60. The lowest BCUT2D eigenvalue weighted by molar-refractivity contribution is -0.152. The summed E-state index contributed by atoms with van der Waals surface area (Å²) in [5.74, 6) is -3.62. The van der Waals surface area contributed by atoms with Crippen molar-refractivity contribution in [2.45, 2.75) is 12.1 Å². The quantitative estimate of drug-likeness (QED) is 0.400. The van der Waals surface area contributed by atoms with Gasteiger partial charge in [0.25, 0.3) is 23.6 Å². The van der Waals surface area contributed by atoms with E-state index in [0.29, 0.717) is 4.90 Å². The van der Waals surface area contributed by atoms with Crippen LogP contribution in [0.4, 0.5) is 4.79 Å². The first-order valence-electron chi connectivity index (χ1n) is 5.91. The van der Waals surface area contributed by atoms with Crippen molar-refractivity contribution in [3.8, 4) is 0 Å². The van der Waals surface area contributed by atoms with Gasteiger partial charge in [-0.1, -0.05) is 0 Å². The first-order chi connectivity index (χ1) is 9.91. The SMILES string of the molecule is CN1C=CN=C2C(=O)N(C3C(=O)NC(=O)NC3=O)C(=O)C21. The molecule has 0 radical (unpaired) electrons. The second kappa shape index (κ2) is 4.23. The summed E-state index contributed by atoms with van der Waals surface area (Å²) in [6.45, 7) is 0. The Balaban J connectivity index is 1.99. The van der Waals surface area contributed by atoms with Crippen molar-refractivity contribution in [1.82, 2.24) is 20.4 Å². The number of nitrogens with one attached hydrogen (secondary N) is 2. The molecule has 21 heavy (non-hydrogen) atoms. The zero-order chi connectivity index (χ0) is 15.3. The number of rotatable bonds is 1. The lowest BCUT2D eigenvalue weighted by atomic mass is 10.1. The number of urea groups is 1. The molecule has 2 saturated heterocycles. The molecule has 3 heterocycles. The molecule has 3 aliphatic heterocycles. The molecule has 0 saturated carbocycles. The minimum absolute atomic E-state index is 0.0671. The van der Waals surface area contributed by atoms with Gasteiger partial charge in [0.2, 0.25) is 0 Å². The Morgan fingerprint density at radius 3 is 2.24 bits per heavy atom. The number of hydrogen-bond acceptors (Lipinski definition) is 7. The molecule has 3 rings (SSSR count). The molecular formula is C11H9N5O5. The van der Waals surface area contributed by atoms with Crippen LogP contribution in [0.15, 0.2) is 17.4 Å². The lowest BCUT2D eigenvalue weighted by Gasteiger charge is -2.27. The van der Waals surface area contributed by atoms with E-state index in [2.05, 4.69) is 4.99 Å². The van der Waals surface area contributed by atoms with Crippen LogP contribution >= 0.6 is 0 Å². The van der Waals surface area contributed by atoms with Crippen molar-refractivity contribution in [1.29, 1.82) is 0 Å². The fourth-order valence-corrected chi connectivity index (χ4v) is 2.38. The molecule has 10 heteroatoms. The van der Waals surface area contributed by atoms with Crippen molar-refractivity contribution in [3.63, 3.8) is 0 Å². The van der Waals surface area contributed by atoms with Crippen LogP contribution in [0.2, 0.25) is 0 Å². The van der Waals surface area contributed by atoms with Gasteiger partial charge in [-0.2, -0.15) is 0 Å². The molecule has 6 amide bonds. The molecule has 108 valence electrons. The van der Waals surface area contributed by atoms with Gasteiger partial charge in [0, 0.05) is 19.4 Å². The Labute approximate surface area is 117 Å². The maximum Gasteiger partial charge on any atom is 0.328 e. The molecule has 0 aromatic heterocycles. The molecule has 10 nitrogen and oxygen atoms in total. The van der Waals surface area contributed by atoms with Gasteiger partial charge in [-0.15, -0.1) is 0 Å². The number of carbonyl (C=O) groups is 5. The fraction of sp³-hybridized carbons (Fsp3) is 0.273. The van der Waals surface area contributed by atoms with E-state index in [0.717, 1.165) is 0 Å². The maximum absolute atomic E-state index is 12.3. The van der Waals surface area contributed by atoms with Crippen LogP contribution in [0.25, 0.3) is 0 Å². The third-order valence-electron chi connectivity index (χ3n) is 3.32. The van der Waals surface area contributed by atoms with Crippen LogP contribution in [0.5, 0.6) is 0 Å². The number of likely N-dealkylation sites (N-methyl/N-ethyl adjacent to an activating group) is 1. The molecule has 2 N–H and O–H groups in total. The van der Waals surface area contributed by atoms with Gasteiger partial charge in [-0.05, 0) is 0 Å². The number of amides is 6. The van der Waals surface area contributed by atoms with Gasteiger partial charge in [-0.25, -0.2) is 4.79 Å². The van der Waals surface area contributed by atoms with E-state index in [1.54, 1.807) is 7.05 Å². The number of barbiturate groups is 1. The van der Waals surface area contributed by atoms with E-state index in [9.17, 15) is 24.0 Å². The van der Waals surface area contributed by atoms with E-state index in [1.807, 2.05) is 10.6 Å². The number of likely N-dealkylation sites (tertiary alicyclic amines) is 1. The molecule has 2 fully saturated rings. The molecule has 0 aromatic carbocycles. The molecule has 0 spiro atoms. The summed E-state index contributed by atoms with van der Waals surface area (Å²) in [4.78, 5) is 65.0. The standard InChI is InChI=1S/C11H9N5O5/c1-15-3-2-12-4-5(15)10(20)16(9(4)19)6-7(17)13-11(21)14-8(6)18/h2-3,5-6H,1H3,(H2,13,14,17,18,21). The van der Waals surface area contributed by atoms with Gasteiger partial charge >= 0.3 is 6.03 Å². The van der Waals surface area contributed by atoms with Crippen LogP contribution in [-0.2, 0) is 19.2 Å². The van der Waals surface area contributed by atoms with Crippen LogP contribution in [0.3, 0.4) is 0 Å². The smallest absolute Gasteiger partial charge is 0.328 e. The minimum Gasteiger partial charge on any atom is -0.362 e. The zero-order valence-corrected chi connectivity index (χ0v) is 10.7. The molecule has 0 aliphatic carbocycles. The summed E-state index contributed by atoms with van der Waals surface area (Å²) < 4.78 is 0. The van der Waals surface area contributed by atoms with Crippen molar-refractivity contribution in [2.75, 3.05) is 7.05 Å². The average molecular weight is 291 g/mol. The molecule has 0 aromatic rings. The predicted octanol–water partition coefficient (Wildman–Crippen LogP) is -2.68. The first-order valence-corrected chi connectivity index (χ1v) is 5.91. The van der Waals surface area contributed by atoms with Crippen molar-refractivity contribution < 1.29 is 24.0 Å². The number of hydrogen-bond donors (Lipinski definition) is 2. The Hall–Kier alpha value is -3.04. The summed E-state index contributed by atoms with van der Waals surface area (Å²) in [6.07, 6.45) is 2.83. The zero-order valence-electron chi connectivity index (χ0n) is 10.7. The number of nitrogens with zero attached hydrogens (tertiary/aromatic N) is 3. The van der Waals surface area contributed by atoms with E-state index in [4.69, 9.17) is 0 Å². The highest BCUT2D eigenvalue weighted by atomic mass is 16.2. The molecule has 1 atom stereocenters. The predicted molar refractivity (Wildman–Crippen MR) is 65.4 cm³/mol. The van der Waals surface area contributed by atoms with Crippen LogP contribution in [0, 0.1) is 0 Å². The Morgan fingerprint density at radius 1 is 1.05 bits per heavy atom. The topological polar surface area (TPSA) is 128 Å². The maximum atomic E-state index is 12.3. The number of aliphatic imine (C=N–C) groups is 1. The molecule has 1 unspecified atom stereocenters. The van der Waals surface area contributed by atoms with Gasteiger partial charge in [0.15, 0.2) is 12.1 Å². The van der Waals surface area contributed by atoms with Crippen LogP contribution in [0.1, 0.15) is 0 Å². The monoisotopic (exact) mass is 291 g/mol. The molecular weight excluding hydrogens is 282 g/mol. The number of carbonyl (C=O) groups excluding carboxylic acids is 5. The first kappa shape index (κ1) is 13.0. The highest BCUT2D eigenvalue weighted by molar-refractivity contribution is 6.53. The van der Waals surface area contributed by atoms with E-state index < -0.39 is 41.7 Å². The van der Waals surface area contributed by atoms with Crippen LogP contribution < -0.4 is 10.6 Å². The summed E-state index contributed by atoms with van der Waals surface area (Å²) in [6, 6.07) is -3.68. The summed E-state index contributed by atoms with van der Waals surface area (Å²) >= 11 is 0. The summed E-state index contributed by atoms with van der Waals surface area (Å²) in [5.41, 5.74) is -0.0671. The summed E-state index contributed by atoms with van der Waals surface area (Å²) in [5, 5.41) is 3.69. The van der Waals surface area contributed by atoms with E-state index in [1.165, 1.54) is 17.3 Å². The number of fused-ring (bicyclic) bond motifs is 1. The normalized spacial score (nSPS) is 25.9. The Kier molecular flexibility index (Phi) is 2.61. The fourth-order valence-electron chi connectivity index (χ4n) is 2.38. The Bertz CT molecular complexity index is 646. The highest BCUT2D eigenvalue weighted by Crippen LogP contribution is 2.22. The number of imide groups is 3. The van der Waals surface area contributed by atoms with Gasteiger partial charge in [0.05, 0.1) is 0 Å². The third-order valence-corrected chi connectivity index (χ3v) is 3.32. The minimum atomic E-state index is -1.72. The van der Waals surface area contributed by atoms with Gasteiger partial charge < -0.3 is 4.90 Å². The Morgan fingerprint density at radius 2 is 1.67 bits per heavy atom.